The third-order valence-corrected chi connectivity index (χ3v) is 5.17. The predicted molar refractivity (Wildman–Crippen MR) is 99.8 cm³/mol. The van der Waals surface area contributed by atoms with E-state index in [0.717, 1.165) is 15.8 Å². The van der Waals surface area contributed by atoms with Crippen LogP contribution in [0.1, 0.15) is 16.1 Å². The zero-order chi connectivity index (χ0) is 17.6. The fourth-order valence-corrected chi connectivity index (χ4v) is 3.60. The summed E-state index contributed by atoms with van der Waals surface area (Å²) in [7, 11) is 0. The van der Waals surface area contributed by atoms with Gasteiger partial charge in [-0.1, -0.05) is 35.1 Å². The number of fused-ring (bicyclic) bond motifs is 2. The number of benzene rings is 2. The highest BCUT2D eigenvalue weighted by Crippen LogP contribution is 2.31. The minimum atomic E-state index is -0.523. The molecule has 7 heteroatoms. The largest absolute Gasteiger partial charge is 0.451 e. The smallest absolute Gasteiger partial charge is 0.293 e. The summed E-state index contributed by atoms with van der Waals surface area (Å²) in [5.74, 6) is -0.580. The second-order valence-electron chi connectivity index (χ2n) is 5.46. The van der Waals surface area contributed by atoms with E-state index in [2.05, 4.69) is 10.3 Å². The van der Waals surface area contributed by atoms with Gasteiger partial charge in [-0.05, 0) is 36.8 Å². The van der Waals surface area contributed by atoms with Crippen molar-refractivity contribution in [2.24, 2.45) is 0 Å². The molecule has 2 heterocycles. The molecule has 124 valence electrons. The third kappa shape index (κ3) is 2.79. The molecule has 4 aromatic rings. The van der Waals surface area contributed by atoms with E-state index in [0.29, 0.717) is 21.1 Å². The van der Waals surface area contributed by atoms with Crippen LogP contribution in [-0.4, -0.2) is 10.9 Å². The van der Waals surface area contributed by atoms with Crippen LogP contribution in [0.4, 0.5) is 5.13 Å². The van der Waals surface area contributed by atoms with E-state index in [4.69, 9.17) is 16.0 Å². The van der Waals surface area contributed by atoms with Crippen molar-refractivity contribution in [3.63, 3.8) is 0 Å². The molecule has 2 aromatic heterocycles. The van der Waals surface area contributed by atoms with Crippen LogP contribution in [0, 0.1) is 6.92 Å². The van der Waals surface area contributed by atoms with Gasteiger partial charge in [-0.3, -0.25) is 14.9 Å². The highest BCUT2D eigenvalue weighted by atomic mass is 35.5. The summed E-state index contributed by atoms with van der Waals surface area (Å²) < 4.78 is 6.45. The third-order valence-electron chi connectivity index (χ3n) is 3.83. The molecule has 1 N–H and O–H groups in total. The van der Waals surface area contributed by atoms with Crippen LogP contribution in [0.25, 0.3) is 21.2 Å². The number of hydrogen-bond acceptors (Lipinski definition) is 5. The molecule has 0 atom stereocenters. The summed E-state index contributed by atoms with van der Waals surface area (Å²) in [6, 6.07) is 11.6. The van der Waals surface area contributed by atoms with Gasteiger partial charge in [0.1, 0.15) is 5.58 Å². The summed E-state index contributed by atoms with van der Waals surface area (Å²) in [6.07, 6.45) is 0. The maximum atomic E-state index is 12.4. The number of amides is 1. The van der Waals surface area contributed by atoms with Gasteiger partial charge in [0.05, 0.1) is 15.6 Å². The first-order valence-electron chi connectivity index (χ1n) is 7.43. The minimum absolute atomic E-state index is 0.0577. The number of aryl methyl sites for hydroxylation is 1. The lowest BCUT2D eigenvalue weighted by Crippen LogP contribution is -2.14. The molecule has 0 fully saturated rings. The topological polar surface area (TPSA) is 72.2 Å². The van der Waals surface area contributed by atoms with E-state index in [1.807, 2.05) is 13.0 Å². The Balaban J connectivity index is 1.70. The van der Waals surface area contributed by atoms with Gasteiger partial charge >= 0.3 is 0 Å². The Morgan fingerprint density at radius 3 is 2.88 bits per heavy atom. The van der Waals surface area contributed by atoms with Gasteiger partial charge in [0.25, 0.3) is 5.91 Å². The monoisotopic (exact) mass is 370 g/mol. The Morgan fingerprint density at radius 1 is 1.24 bits per heavy atom. The molecule has 2 aromatic carbocycles. The molecule has 0 aliphatic rings. The normalized spacial score (nSPS) is 11.1. The molecule has 0 saturated carbocycles. The van der Waals surface area contributed by atoms with Crippen molar-refractivity contribution in [2.45, 2.75) is 6.92 Å². The highest BCUT2D eigenvalue weighted by molar-refractivity contribution is 7.22. The second kappa shape index (κ2) is 5.98. The van der Waals surface area contributed by atoms with Crippen LogP contribution in [-0.2, 0) is 0 Å². The van der Waals surface area contributed by atoms with Crippen molar-refractivity contribution in [3.05, 3.63) is 69.0 Å². The number of para-hydroxylation sites is 1. The van der Waals surface area contributed by atoms with E-state index >= 15 is 0 Å². The SMILES string of the molecule is Cc1c(Cl)ccc2sc(NC(=O)c3cc(=O)c4ccccc4o3)nc12. The van der Waals surface area contributed by atoms with Gasteiger partial charge in [0.2, 0.25) is 0 Å². The van der Waals surface area contributed by atoms with Crippen LogP contribution in [0.2, 0.25) is 5.02 Å². The van der Waals surface area contributed by atoms with Crippen molar-refractivity contribution in [2.75, 3.05) is 5.32 Å². The summed E-state index contributed by atoms with van der Waals surface area (Å²) in [5.41, 5.74) is 1.70. The lowest BCUT2D eigenvalue weighted by Gasteiger charge is -2.02. The molecule has 0 spiro atoms. The molecule has 1 amide bonds. The molecule has 25 heavy (non-hydrogen) atoms. The molecule has 0 bridgehead atoms. The van der Waals surface area contributed by atoms with E-state index in [-0.39, 0.29) is 11.2 Å². The summed E-state index contributed by atoms with van der Waals surface area (Å²) >= 11 is 7.43. The van der Waals surface area contributed by atoms with Crippen LogP contribution >= 0.6 is 22.9 Å². The summed E-state index contributed by atoms with van der Waals surface area (Å²) in [6.45, 7) is 1.87. The molecular weight excluding hydrogens is 360 g/mol. The Bertz CT molecular complexity index is 1200. The summed E-state index contributed by atoms with van der Waals surface area (Å²) in [4.78, 5) is 29.0. The number of carbonyl (C=O) groups excluding carboxylic acids is 1. The van der Waals surface area contributed by atoms with Gasteiger partial charge < -0.3 is 4.42 Å². The quantitative estimate of drug-likeness (QED) is 0.559. The van der Waals surface area contributed by atoms with Crippen LogP contribution in [0.5, 0.6) is 0 Å². The first-order valence-corrected chi connectivity index (χ1v) is 8.62. The van der Waals surface area contributed by atoms with Crippen LogP contribution in [0.3, 0.4) is 0 Å². The average Bonchev–Trinajstić information content (AvgIpc) is 3.01. The first-order chi connectivity index (χ1) is 12.0. The molecule has 0 aliphatic carbocycles. The predicted octanol–water partition coefficient (Wildman–Crippen LogP) is 4.62. The standard InChI is InChI=1S/C18H11ClN2O3S/c1-9-11(19)6-7-15-16(9)20-18(25-15)21-17(23)14-8-12(22)10-4-2-3-5-13(10)24-14/h2-8H,1H3,(H,20,21,23). The molecule has 0 saturated heterocycles. The van der Waals surface area contributed by atoms with Crippen molar-refractivity contribution in [1.82, 2.24) is 4.98 Å². The number of rotatable bonds is 2. The zero-order valence-corrected chi connectivity index (χ0v) is 14.6. The fourth-order valence-electron chi connectivity index (χ4n) is 2.53. The van der Waals surface area contributed by atoms with Crippen LogP contribution < -0.4 is 10.7 Å². The Labute approximate surface area is 150 Å². The van der Waals surface area contributed by atoms with E-state index in [1.54, 1.807) is 30.3 Å². The molecule has 0 aliphatic heterocycles. The van der Waals surface area contributed by atoms with Crippen molar-refractivity contribution in [3.8, 4) is 0 Å². The zero-order valence-electron chi connectivity index (χ0n) is 13.0. The molecule has 4 rings (SSSR count). The van der Waals surface area contributed by atoms with Gasteiger partial charge in [0.15, 0.2) is 16.3 Å². The fraction of sp³-hybridized carbons (Fsp3) is 0.0556. The van der Waals surface area contributed by atoms with Crippen molar-refractivity contribution >= 4 is 55.2 Å². The number of aromatic nitrogens is 1. The lowest BCUT2D eigenvalue weighted by atomic mass is 10.2. The number of carbonyl (C=O) groups is 1. The van der Waals surface area contributed by atoms with Gasteiger partial charge in [-0.15, -0.1) is 0 Å². The Morgan fingerprint density at radius 2 is 2.04 bits per heavy atom. The van der Waals surface area contributed by atoms with E-state index in [9.17, 15) is 9.59 Å². The van der Waals surface area contributed by atoms with Gasteiger partial charge in [-0.25, -0.2) is 4.98 Å². The summed E-state index contributed by atoms with van der Waals surface area (Å²) in [5, 5.41) is 4.15. The highest BCUT2D eigenvalue weighted by Gasteiger charge is 2.15. The maximum Gasteiger partial charge on any atom is 0.293 e. The number of thiazole rings is 1. The van der Waals surface area contributed by atoms with Gasteiger partial charge in [-0.2, -0.15) is 0 Å². The molecular formula is C18H11ClN2O3S. The number of nitrogens with zero attached hydrogens (tertiary/aromatic N) is 1. The first kappa shape index (κ1) is 15.8. The molecule has 0 radical (unpaired) electrons. The minimum Gasteiger partial charge on any atom is -0.451 e. The van der Waals surface area contributed by atoms with Crippen molar-refractivity contribution < 1.29 is 9.21 Å². The number of halogens is 1. The lowest BCUT2D eigenvalue weighted by molar-refractivity contribution is 0.0997. The number of nitrogens with one attached hydrogen (secondary N) is 1. The average molecular weight is 371 g/mol. The number of hydrogen-bond donors (Lipinski definition) is 1. The number of anilines is 1. The van der Waals surface area contributed by atoms with Crippen molar-refractivity contribution in [1.29, 1.82) is 0 Å². The Hall–Kier alpha value is -2.70. The maximum absolute atomic E-state index is 12.4. The van der Waals surface area contributed by atoms with Crippen LogP contribution in [0.15, 0.2) is 51.7 Å². The Kier molecular flexibility index (Phi) is 3.78. The second-order valence-corrected chi connectivity index (χ2v) is 6.90. The molecule has 0 unspecified atom stereocenters. The molecule has 5 nitrogen and oxygen atoms in total. The van der Waals surface area contributed by atoms with E-state index < -0.39 is 5.91 Å². The van der Waals surface area contributed by atoms with E-state index in [1.165, 1.54) is 17.4 Å². The van der Waals surface area contributed by atoms with Gasteiger partial charge in [0, 0.05) is 11.1 Å².